The number of esters is 1. The van der Waals surface area contributed by atoms with Crippen LogP contribution in [0.25, 0.3) is 0 Å². The van der Waals surface area contributed by atoms with E-state index >= 15 is 0 Å². The lowest BCUT2D eigenvalue weighted by molar-refractivity contribution is -0.890. The van der Waals surface area contributed by atoms with Gasteiger partial charge in [0.25, 0.3) is 0 Å². The summed E-state index contributed by atoms with van der Waals surface area (Å²) in [7, 11) is 4.62. The molecule has 0 rings (SSSR count). The summed E-state index contributed by atoms with van der Waals surface area (Å²) >= 11 is 0. The minimum atomic E-state index is -0.311. The number of hydrogen-bond donors (Lipinski definition) is 0. The van der Waals surface area contributed by atoms with Crippen LogP contribution in [0.1, 0.15) is 84.0 Å². The van der Waals surface area contributed by atoms with Crippen molar-refractivity contribution in [2.24, 2.45) is 0 Å². The Morgan fingerprint density at radius 1 is 0.840 bits per heavy atom. The second-order valence-corrected chi connectivity index (χ2v) is 7.64. The maximum atomic E-state index is 10.9. The first-order valence-corrected chi connectivity index (χ1v) is 10.1. The molecule has 0 aromatic heterocycles. The molecule has 0 aromatic carbocycles. The molecule has 0 amide bonds. The van der Waals surface area contributed by atoms with Crippen LogP contribution in [0.5, 0.6) is 0 Å². The Morgan fingerprint density at radius 2 is 1.28 bits per heavy atom. The third kappa shape index (κ3) is 19.8. The molecule has 0 bridgehead atoms. The van der Waals surface area contributed by atoms with Gasteiger partial charge in [-0.15, -0.1) is 0 Å². The van der Waals surface area contributed by atoms with Crippen LogP contribution in [0.3, 0.4) is 0 Å². The van der Waals surface area contributed by atoms with E-state index < -0.39 is 0 Å². The number of halogens is 1. The SMILES string of the molecule is C=CC(=O)OCCCC[N+](C)(C)CCCCCCCCCCCC.[Br-]. The van der Waals surface area contributed by atoms with Crippen LogP contribution in [0, 0.1) is 0 Å². The van der Waals surface area contributed by atoms with Crippen molar-refractivity contribution in [2.75, 3.05) is 33.8 Å². The number of carbonyl (C=O) groups is 1. The quantitative estimate of drug-likeness (QED) is 0.156. The van der Waals surface area contributed by atoms with Gasteiger partial charge in [0.2, 0.25) is 0 Å². The maximum Gasteiger partial charge on any atom is 0.330 e. The molecule has 0 heterocycles. The maximum absolute atomic E-state index is 10.9. The van der Waals surface area contributed by atoms with Crippen LogP contribution in [-0.2, 0) is 9.53 Å². The third-order valence-electron chi connectivity index (χ3n) is 4.69. The van der Waals surface area contributed by atoms with Gasteiger partial charge in [-0.1, -0.05) is 64.9 Å². The topological polar surface area (TPSA) is 26.3 Å². The molecule has 150 valence electrons. The second-order valence-electron chi connectivity index (χ2n) is 7.64. The Hall–Kier alpha value is -0.350. The summed E-state index contributed by atoms with van der Waals surface area (Å²) in [5.74, 6) is -0.311. The van der Waals surface area contributed by atoms with E-state index in [1.54, 1.807) is 0 Å². The molecular weight excluding hydrogens is 378 g/mol. The predicted molar refractivity (Wildman–Crippen MR) is 104 cm³/mol. The highest BCUT2D eigenvalue weighted by molar-refractivity contribution is 5.81. The highest BCUT2D eigenvalue weighted by atomic mass is 79.9. The van der Waals surface area contributed by atoms with Gasteiger partial charge < -0.3 is 26.2 Å². The van der Waals surface area contributed by atoms with E-state index in [0.29, 0.717) is 6.61 Å². The number of quaternary nitrogens is 1. The molecule has 0 fully saturated rings. The number of nitrogens with zero attached hydrogens (tertiary/aromatic N) is 1. The van der Waals surface area contributed by atoms with Gasteiger partial charge in [-0.2, -0.15) is 0 Å². The number of hydrogen-bond acceptors (Lipinski definition) is 2. The van der Waals surface area contributed by atoms with Crippen LogP contribution in [0.15, 0.2) is 12.7 Å². The van der Waals surface area contributed by atoms with Crippen molar-refractivity contribution in [3.8, 4) is 0 Å². The Balaban J connectivity index is 0. The third-order valence-corrected chi connectivity index (χ3v) is 4.69. The smallest absolute Gasteiger partial charge is 0.330 e. The van der Waals surface area contributed by atoms with E-state index in [4.69, 9.17) is 4.74 Å². The van der Waals surface area contributed by atoms with E-state index in [9.17, 15) is 4.79 Å². The second kappa shape index (κ2) is 18.4. The van der Waals surface area contributed by atoms with Crippen molar-refractivity contribution in [3.63, 3.8) is 0 Å². The minimum absolute atomic E-state index is 0. The first kappa shape index (κ1) is 26.9. The molecule has 4 heteroatoms. The molecule has 3 nitrogen and oxygen atoms in total. The van der Waals surface area contributed by atoms with Gasteiger partial charge in [-0.25, -0.2) is 4.79 Å². The molecule has 0 saturated heterocycles. The molecule has 0 aliphatic carbocycles. The zero-order valence-electron chi connectivity index (χ0n) is 17.0. The summed E-state index contributed by atoms with van der Waals surface area (Å²) < 4.78 is 6.08. The Kier molecular flexibility index (Phi) is 19.8. The summed E-state index contributed by atoms with van der Waals surface area (Å²) in [5.41, 5.74) is 0. The lowest BCUT2D eigenvalue weighted by Crippen LogP contribution is -3.00. The molecule has 0 radical (unpaired) electrons. The van der Waals surface area contributed by atoms with Crippen molar-refractivity contribution in [2.45, 2.75) is 84.0 Å². The highest BCUT2D eigenvalue weighted by Gasteiger charge is 2.13. The van der Waals surface area contributed by atoms with Gasteiger partial charge in [0.15, 0.2) is 0 Å². The average Bonchev–Trinajstić information content (AvgIpc) is 2.55. The number of ether oxygens (including phenoxy) is 1. The number of unbranched alkanes of at least 4 members (excludes halogenated alkanes) is 10. The fourth-order valence-electron chi connectivity index (χ4n) is 3.01. The normalized spacial score (nSPS) is 11.0. The van der Waals surface area contributed by atoms with E-state index in [2.05, 4.69) is 27.6 Å². The van der Waals surface area contributed by atoms with E-state index in [1.807, 2.05) is 0 Å². The van der Waals surface area contributed by atoms with Gasteiger partial charge in [0.05, 0.1) is 33.8 Å². The first-order valence-electron chi connectivity index (χ1n) is 10.1. The van der Waals surface area contributed by atoms with Crippen molar-refractivity contribution < 1.29 is 31.0 Å². The zero-order chi connectivity index (χ0) is 18.1. The molecule has 0 spiro atoms. The largest absolute Gasteiger partial charge is 1.00 e. The Morgan fingerprint density at radius 3 is 1.76 bits per heavy atom. The summed E-state index contributed by atoms with van der Waals surface area (Å²) in [6, 6.07) is 0. The Bertz CT molecular complexity index is 319. The summed E-state index contributed by atoms with van der Waals surface area (Å²) in [6.45, 7) is 8.60. The fraction of sp³-hybridized carbons (Fsp3) is 0.857. The van der Waals surface area contributed by atoms with Gasteiger partial charge >= 0.3 is 5.97 Å². The molecular formula is C21H42BrNO2. The van der Waals surface area contributed by atoms with Crippen LogP contribution in [-0.4, -0.2) is 44.2 Å². The van der Waals surface area contributed by atoms with Crippen molar-refractivity contribution in [3.05, 3.63) is 12.7 Å². The summed E-state index contributed by atoms with van der Waals surface area (Å²) in [6.07, 6.45) is 17.2. The lowest BCUT2D eigenvalue weighted by atomic mass is 10.1. The molecule has 0 aliphatic heterocycles. The van der Waals surface area contributed by atoms with Crippen LogP contribution >= 0.6 is 0 Å². The molecule has 0 aromatic rings. The minimum Gasteiger partial charge on any atom is -1.00 e. The van der Waals surface area contributed by atoms with Crippen LogP contribution in [0.4, 0.5) is 0 Å². The predicted octanol–water partition coefficient (Wildman–Crippen LogP) is 2.50. The highest BCUT2D eigenvalue weighted by Crippen LogP contribution is 2.12. The molecule has 0 N–H and O–H groups in total. The number of rotatable bonds is 17. The van der Waals surface area contributed by atoms with E-state index in [1.165, 1.54) is 76.8 Å². The summed E-state index contributed by atoms with van der Waals surface area (Å²) in [5, 5.41) is 0. The molecule has 0 saturated carbocycles. The molecule has 0 aliphatic rings. The van der Waals surface area contributed by atoms with Gasteiger partial charge in [0, 0.05) is 6.08 Å². The van der Waals surface area contributed by atoms with Gasteiger partial charge in [-0.05, 0) is 25.7 Å². The monoisotopic (exact) mass is 419 g/mol. The molecule has 25 heavy (non-hydrogen) atoms. The molecule has 0 unspecified atom stereocenters. The van der Waals surface area contributed by atoms with Crippen LogP contribution < -0.4 is 17.0 Å². The lowest BCUT2D eigenvalue weighted by Gasteiger charge is -2.30. The van der Waals surface area contributed by atoms with Crippen LogP contribution in [0.2, 0.25) is 0 Å². The van der Waals surface area contributed by atoms with E-state index in [0.717, 1.165) is 23.9 Å². The summed E-state index contributed by atoms with van der Waals surface area (Å²) in [4.78, 5) is 10.9. The van der Waals surface area contributed by atoms with Crippen molar-refractivity contribution in [1.29, 1.82) is 0 Å². The number of carbonyl (C=O) groups excluding carboxylic acids is 1. The fourth-order valence-corrected chi connectivity index (χ4v) is 3.01. The van der Waals surface area contributed by atoms with Crippen molar-refractivity contribution >= 4 is 5.97 Å². The first-order chi connectivity index (χ1) is 11.5. The van der Waals surface area contributed by atoms with Gasteiger partial charge in [0.1, 0.15) is 0 Å². The Labute approximate surface area is 167 Å². The average molecular weight is 420 g/mol. The van der Waals surface area contributed by atoms with E-state index in [-0.39, 0.29) is 23.0 Å². The zero-order valence-corrected chi connectivity index (χ0v) is 18.6. The molecule has 0 atom stereocenters. The standard InChI is InChI=1S/C21H42NO2.BrH/c1-5-7-8-9-10-11-12-13-14-15-18-22(3,4)19-16-17-20-24-21(23)6-2;/h6H,2,5,7-20H2,1,3-4H3;1H/q+1;/p-1. The van der Waals surface area contributed by atoms with Gasteiger partial charge in [-0.3, -0.25) is 0 Å². The van der Waals surface area contributed by atoms with Crippen molar-refractivity contribution in [1.82, 2.24) is 0 Å².